The number of benzene rings is 1. The lowest BCUT2D eigenvalue weighted by molar-refractivity contribution is -0.129. The molecule has 2 aromatic rings. The predicted molar refractivity (Wildman–Crippen MR) is 112 cm³/mol. The number of nitrogens with zero attached hydrogens (tertiary/aromatic N) is 2. The highest BCUT2D eigenvalue weighted by Gasteiger charge is 2.40. The van der Waals surface area contributed by atoms with Gasteiger partial charge in [-0.15, -0.1) is 0 Å². The van der Waals surface area contributed by atoms with E-state index in [0.717, 1.165) is 48.8 Å². The van der Waals surface area contributed by atoms with Crippen LogP contribution in [0.15, 0.2) is 59.9 Å². The van der Waals surface area contributed by atoms with E-state index in [1.165, 1.54) is 12.1 Å². The number of carbonyl (C=O) groups is 2. The van der Waals surface area contributed by atoms with Gasteiger partial charge in [0.1, 0.15) is 5.82 Å². The first kappa shape index (κ1) is 20.3. The van der Waals surface area contributed by atoms with E-state index in [2.05, 4.69) is 10.3 Å². The maximum absolute atomic E-state index is 13.2. The van der Waals surface area contributed by atoms with Crippen molar-refractivity contribution in [3.05, 3.63) is 76.9 Å². The highest BCUT2D eigenvalue weighted by Crippen LogP contribution is 2.38. The number of pyridine rings is 1. The zero-order valence-corrected chi connectivity index (χ0v) is 16.9. The number of nitrogens with one attached hydrogen (secondary N) is 1. The van der Waals surface area contributed by atoms with Gasteiger partial charge in [-0.3, -0.25) is 14.6 Å². The molecule has 2 aliphatic rings. The summed E-state index contributed by atoms with van der Waals surface area (Å²) in [5.74, 6) is -0.453. The Labute approximate surface area is 176 Å². The summed E-state index contributed by atoms with van der Waals surface area (Å²) < 4.78 is 13.2. The van der Waals surface area contributed by atoms with Crippen LogP contribution in [0, 0.1) is 5.82 Å². The van der Waals surface area contributed by atoms with Gasteiger partial charge in [-0.1, -0.05) is 18.6 Å². The molecule has 1 aromatic heterocycles. The van der Waals surface area contributed by atoms with Gasteiger partial charge >= 0.3 is 0 Å². The minimum Gasteiger partial charge on any atom is -0.355 e. The van der Waals surface area contributed by atoms with Gasteiger partial charge in [0.2, 0.25) is 5.91 Å². The van der Waals surface area contributed by atoms with Gasteiger partial charge in [-0.05, 0) is 66.6 Å². The Morgan fingerprint density at radius 2 is 1.87 bits per heavy atom. The molecule has 1 fully saturated rings. The Balaban J connectivity index is 1.40. The number of hydrogen-bond acceptors (Lipinski definition) is 3. The van der Waals surface area contributed by atoms with Crippen molar-refractivity contribution in [1.29, 1.82) is 0 Å². The van der Waals surface area contributed by atoms with Crippen LogP contribution in [-0.4, -0.2) is 34.3 Å². The van der Waals surface area contributed by atoms with Crippen LogP contribution in [0.5, 0.6) is 0 Å². The van der Waals surface area contributed by atoms with Gasteiger partial charge in [0.25, 0.3) is 5.91 Å². The van der Waals surface area contributed by atoms with E-state index >= 15 is 0 Å². The van der Waals surface area contributed by atoms with E-state index in [0.29, 0.717) is 18.7 Å². The van der Waals surface area contributed by atoms with E-state index < -0.39 is 0 Å². The zero-order chi connectivity index (χ0) is 20.9. The maximum Gasteiger partial charge on any atom is 0.251 e. The number of hydrogen-bond donors (Lipinski definition) is 1. The van der Waals surface area contributed by atoms with Crippen LogP contribution >= 0.6 is 0 Å². The van der Waals surface area contributed by atoms with Crippen LogP contribution in [0.3, 0.4) is 0 Å². The molecule has 2 amide bonds. The fraction of sp³-hybridized carbons (Fsp3) is 0.375. The summed E-state index contributed by atoms with van der Waals surface area (Å²) in [5.41, 5.74) is 3.79. The van der Waals surface area contributed by atoms with Crippen molar-refractivity contribution < 1.29 is 14.0 Å². The molecule has 30 heavy (non-hydrogen) atoms. The van der Waals surface area contributed by atoms with Crippen molar-refractivity contribution in [3.8, 4) is 0 Å². The first-order valence-corrected chi connectivity index (χ1v) is 10.5. The fourth-order valence-electron chi connectivity index (χ4n) is 4.42. The molecule has 1 saturated carbocycles. The van der Waals surface area contributed by atoms with Crippen molar-refractivity contribution in [1.82, 2.24) is 15.2 Å². The average Bonchev–Trinajstić information content (AvgIpc) is 3.02. The monoisotopic (exact) mass is 407 g/mol. The molecule has 1 aromatic carbocycles. The Kier molecular flexibility index (Phi) is 6.21. The lowest BCUT2D eigenvalue weighted by atomic mass is 9.88. The van der Waals surface area contributed by atoms with Crippen LogP contribution in [0.2, 0.25) is 0 Å². The summed E-state index contributed by atoms with van der Waals surface area (Å²) in [6.07, 6.45) is 8.25. The third-order valence-electron chi connectivity index (χ3n) is 5.95. The largest absolute Gasteiger partial charge is 0.355 e. The molecule has 0 bridgehead atoms. The zero-order valence-electron chi connectivity index (χ0n) is 16.9. The van der Waals surface area contributed by atoms with Crippen LogP contribution in [0.4, 0.5) is 4.39 Å². The summed E-state index contributed by atoms with van der Waals surface area (Å²) >= 11 is 0. The number of amides is 2. The Bertz CT molecular complexity index is 941. The third-order valence-corrected chi connectivity index (χ3v) is 5.95. The van der Waals surface area contributed by atoms with Crippen molar-refractivity contribution in [2.45, 2.75) is 51.1 Å². The summed E-state index contributed by atoms with van der Waals surface area (Å²) in [7, 11) is 0. The van der Waals surface area contributed by atoms with Crippen molar-refractivity contribution in [2.24, 2.45) is 0 Å². The van der Waals surface area contributed by atoms with Gasteiger partial charge in [-0.25, -0.2) is 4.39 Å². The van der Waals surface area contributed by atoms with E-state index in [1.807, 2.05) is 17.0 Å². The van der Waals surface area contributed by atoms with Gasteiger partial charge < -0.3 is 10.2 Å². The second-order valence-corrected chi connectivity index (χ2v) is 7.96. The molecular weight excluding hydrogens is 381 g/mol. The fourth-order valence-corrected chi connectivity index (χ4v) is 4.42. The minimum atomic E-state index is -0.285. The number of halogens is 1. The number of carbonyl (C=O) groups excluding carboxylic acids is 2. The molecule has 0 saturated heterocycles. The van der Waals surface area contributed by atoms with E-state index in [1.54, 1.807) is 24.5 Å². The topological polar surface area (TPSA) is 62.3 Å². The van der Waals surface area contributed by atoms with Crippen LogP contribution < -0.4 is 5.32 Å². The third kappa shape index (κ3) is 4.58. The van der Waals surface area contributed by atoms with Crippen molar-refractivity contribution in [2.75, 3.05) is 6.54 Å². The summed E-state index contributed by atoms with van der Waals surface area (Å²) in [4.78, 5) is 31.6. The van der Waals surface area contributed by atoms with Gasteiger partial charge in [0, 0.05) is 31.1 Å². The SMILES string of the molecule is O=C(CC1=C2CCCCC2N(Cc2ccc(F)cc2)C1=O)NCCc1ccncc1. The second-order valence-electron chi connectivity index (χ2n) is 7.96. The Morgan fingerprint density at radius 3 is 2.63 bits per heavy atom. The average molecular weight is 407 g/mol. The number of fused-ring (bicyclic) bond motifs is 1. The summed E-state index contributed by atoms with van der Waals surface area (Å²) in [5, 5.41) is 2.94. The molecule has 1 N–H and O–H groups in total. The van der Waals surface area contributed by atoms with E-state index in [-0.39, 0.29) is 30.1 Å². The highest BCUT2D eigenvalue weighted by molar-refractivity contribution is 6.02. The molecule has 1 aliphatic carbocycles. The Hall–Kier alpha value is -3.02. The lowest BCUT2D eigenvalue weighted by Gasteiger charge is -2.30. The van der Waals surface area contributed by atoms with Gasteiger partial charge in [0.05, 0.1) is 12.5 Å². The second kappa shape index (κ2) is 9.20. The molecule has 5 nitrogen and oxygen atoms in total. The molecule has 4 rings (SSSR count). The minimum absolute atomic E-state index is 0.0505. The van der Waals surface area contributed by atoms with Crippen molar-refractivity contribution >= 4 is 11.8 Å². The molecule has 1 atom stereocenters. The maximum atomic E-state index is 13.2. The number of aromatic nitrogens is 1. The normalized spacial score (nSPS) is 18.5. The van der Waals surface area contributed by atoms with Gasteiger partial charge in [-0.2, -0.15) is 0 Å². The Morgan fingerprint density at radius 1 is 1.10 bits per heavy atom. The number of rotatable bonds is 7. The van der Waals surface area contributed by atoms with Crippen molar-refractivity contribution in [3.63, 3.8) is 0 Å². The first-order chi connectivity index (χ1) is 14.6. The summed E-state index contributed by atoms with van der Waals surface area (Å²) in [6, 6.07) is 10.2. The van der Waals surface area contributed by atoms with Crippen LogP contribution in [-0.2, 0) is 22.6 Å². The predicted octanol–water partition coefficient (Wildman–Crippen LogP) is 3.55. The molecule has 0 spiro atoms. The highest BCUT2D eigenvalue weighted by atomic mass is 19.1. The molecule has 0 radical (unpaired) electrons. The summed E-state index contributed by atoms with van der Waals surface area (Å²) in [6.45, 7) is 0.975. The van der Waals surface area contributed by atoms with Crippen LogP contribution in [0.25, 0.3) is 0 Å². The van der Waals surface area contributed by atoms with E-state index in [4.69, 9.17) is 0 Å². The molecule has 2 heterocycles. The quantitative estimate of drug-likeness (QED) is 0.764. The van der Waals surface area contributed by atoms with E-state index in [9.17, 15) is 14.0 Å². The molecule has 1 unspecified atom stereocenters. The molecule has 6 heteroatoms. The smallest absolute Gasteiger partial charge is 0.251 e. The molecule has 1 aliphatic heterocycles. The standard InChI is InChI=1S/C24H26FN3O2/c25-19-7-5-18(6-8-19)16-28-22-4-2-1-3-20(22)21(24(28)30)15-23(29)27-14-11-17-9-12-26-13-10-17/h5-10,12-13,22H,1-4,11,14-16H2,(H,27,29). The van der Waals surface area contributed by atoms with Gasteiger partial charge in [0.15, 0.2) is 0 Å². The molecular formula is C24H26FN3O2. The van der Waals surface area contributed by atoms with Crippen LogP contribution in [0.1, 0.15) is 43.2 Å². The lowest BCUT2D eigenvalue weighted by Crippen LogP contribution is -2.36. The molecule has 156 valence electrons. The first-order valence-electron chi connectivity index (χ1n) is 10.5.